The summed E-state index contributed by atoms with van der Waals surface area (Å²) in [5.41, 5.74) is 0.780. The van der Waals surface area contributed by atoms with E-state index >= 15 is 0 Å². The molecule has 4 heteroatoms. The van der Waals surface area contributed by atoms with Crippen molar-refractivity contribution in [2.75, 3.05) is 0 Å². The summed E-state index contributed by atoms with van der Waals surface area (Å²) in [6.45, 7) is 0. The predicted octanol–water partition coefficient (Wildman–Crippen LogP) is 1.92. The molecule has 1 aromatic carbocycles. The molecule has 1 N–H and O–H groups in total. The molecule has 2 rings (SSSR count). The van der Waals surface area contributed by atoms with Gasteiger partial charge in [-0.1, -0.05) is 30.3 Å². The molecule has 0 fully saturated rings. The lowest BCUT2D eigenvalue weighted by Crippen LogP contribution is -2.50. The van der Waals surface area contributed by atoms with E-state index in [1.54, 1.807) is 24.3 Å². The Morgan fingerprint density at radius 2 is 1.94 bits per heavy atom. The van der Waals surface area contributed by atoms with E-state index in [0.29, 0.717) is 6.08 Å². The van der Waals surface area contributed by atoms with Gasteiger partial charge in [-0.05, 0) is 18.1 Å². The van der Waals surface area contributed by atoms with Gasteiger partial charge in [0.1, 0.15) is 6.04 Å². The highest BCUT2D eigenvalue weighted by atomic mass is 19.3. The molecular weight excluding hydrogens is 212 g/mol. The maximum absolute atomic E-state index is 13.4. The van der Waals surface area contributed by atoms with Crippen molar-refractivity contribution in [3.8, 4) is 0 Å². The molecule has 1 aliphatic heterocycles. The third-order valence-corrected chi connectivity index (χ3v) is 2.52. The molecule has 0 aromatic heterocycles. The number of nitrogens with one attached hydrogen (secondary N) is 1. The summed E-state index contributed by atoms with van der Waals surface area (Å²) < 4.78 is 26.9. The Kier molecular flexibility index (Phi) is 2.73. The van der Waals surface area contributed by atoms with E-state index in [1.165, 1.54) is 0 Å². The number of halogens is 2. The molecule has 1 aromatic rings. The topological polar surface area (TPSA) is 29.1 Å². The minimum atomic E-state index is -2.98. The van der Waals surface area contributed by atoms with Crippen molar-refractivity contribution in [1.29, 1.82) is 0 Å². The molecule has 0 saturated heterocycles. The maximum Gasteiger partial charge on any atom is 0.287 e. The Balaban J connectivity index is 2.16. The Morgan fingerprint density at radius 3 is 2.62 bits per heavy atom. The van der Waals surface area contributed by atoms with Gasteiger partial charge < -0.3 is 5.32 Å². The quantitative estimate of drug-likeness (QED) is 0.815. The van der Waals surface area contributed by atoms with Gasteiger partial charge >= 0.3 is 0 Å². The highest BCUT2D eigenvalue weighted by Crippen LogP contribution is 2.25. The van der Waals surface area contributed by atoms with E-state index in [0.717, 1.165) is 11.6 Å². The molecule has 0 saturated carbocycles. The summed E-state index contributed by atoms with van der Waals surface area (Å²) in [7, 11) is 0. The van der Waals surface area contributed by atoms with E-state index in [-0.39, 0.29) is 6.42 Å². The SMILES string of the molecule is O=C1C=CC(F)(F)[C@H](Cc2ccccc2)N1. The lowest BCUT2D eigenvalue weighted by Gasteiger charge is -2.28. The first kappa shape index (κ1) is 10.8. The monoisotopic (exact) mass is 223 g/mol. The van der Waals surface area contributed by atoms with Gasteiger partial charge in [0.25, 0.3) is 5.92 Å². The first-order chi connectivity index (χ1) is 7.58. The highest BCUT2D eigenvalue weighted by Gasteiger charge is 2.40. The second-order valence-electron chi connectivity index (χ2n) is 3.76. The molecule has 1 amide bonds. The molecule has 0 radical (unpaired) electrons. The van der Waals surface area contributed by atoms with Crippen LogP contribution in [0, 0.1) is 0 Å². The van der Waals surface area contributed by atoms with Crippen LogP contribution in [0.15, 0.2) is 42.5 Å². The second-order valence-corrected chi connectivity index (χ2v) is 3.76. The molecule has 0 bridgehead atoms. The summed E-state index contributed by atoms with van der Waals surface area (Å²) in [5, 5.41) is 2.28. The average Bonchev–Trinajstić information content (AvgIpc) is 2.26. The number of amides is 1. The van der Waals surface area contributed by atoms with Crippen LogP contribution in [-0.2, 0) is 11.2 Å². The van der Waals surface area contributed by atoms with Crippen LogP contribution in [0.3, 0.4) is 0 Å². The van der Waals surface area contributed by atoms with Crippen LogP contribution in [0.4, 0.5) is 8.78 Å². The number of hydrogen-bond acceptors (Lipinski definition) is 1. The van der Waals surface area contributed by atoms with E-state index in [2.05, 4.69) is 5.32 Å². The fraction of sp³-hybridized carbons (Fsp3) is 0.250. The summed E-state index contributed by atoms with van der Waals surface area (Å²) in [4.78, 5) is 11.0. The summed E-state index contributed by atoms with van der Waals surface area (Å²) in [5.74, 6) is -3.45. The summed E-state index contributed by atoms with van der Waals surface area (Å²) in [6.07, 6.45) is 1.67. The van der Waals surface area contributed by atoms with Gasteiger partial charge in [-0.2, -0.15) is 8.78 Å². The number of rotatable bonds is 2. The van der Waals surface area contributed by atoms with Crippen molar-refractivity contribution < 1.29 is 13.6 Å². The molecule has 0 unspecified atom stereocenters. The predicted molar refractivity (Wildman–Crippen MR) is 56.2 cm³/mol. The van der Waals surface area contributed by atoms with E-state index in [4.69, 9.17) is 0 Å². The molecule has 1 aliphatic rings. The van der Waals surface area contributed by atoms with Gasteiger partial charge in [-0.25, -0.2) is 0 Å². The summed E-state index contributed by atoms with van der Waals surface area (Å²) in [6, 6.07) is 7.76. The van der Waals surface area contributed by atoms with Crippen LogP contribution >= 0.6 is 0 Å². The largest absolute Gasteiger partial charge is 0.343 e. The molecular formula is C12H11F2NO. The average molecular weight is 223 g/mol. The third-order valence-electron chi connectivity index (χ3n) is 2.52. The van der Waals surface area contributed by atoms with Crippen molar-refractivity contribution in [2.45, 2.75) is 18.4 Å². The minimum absolute atomic E-state index is 0.129. The van der Waals surface area contributed by atoms with Crippen LogP contribution in [0.5, 0.6) is 0 Å². The normalized spacial score (nSPS) is 22.9. The van der Waals surface area contributed by atoms with Gasteiger partial charge in [0.05, 0.1) is 0 Å². The Morgan fingerprint density at radius 1 is 1.25 bits per heavy atom. The zero-order valence-corrected chi connectivity index (χ0v) is 8.49. The standard InChI is InChI=1S/C12H11F2NO/c13-12(14)7-6-11(16)15-10(12)8-9-4-2-1-3-5-9/h1-7,10H,8H2,(H,15,16)/t10-/m0/s1. The Labute approximate surface area is 92.0 Å². The fourth-order valence-electron chi connectivity index (χ4n) is 1.66. The number of carbonyl (C=O) groups excluding carboxylic acids is 1. The maximum atomic E-state index is 13.4. The number of benzene rings is 1. The van der Waals surface area contributed by atoms with Crippen LogP contribution in [-0.4, -0.2) is 17.9 Å². The van der Waals surface area contributed by atoms with E-state index in [1.807, 2.05) is 6.07 Å². The lowest BCUT2D eigenvalue weighted by molar-refractivity contribution is -0.121. The zero-order valence-electron chi connectivity index (χ0n) is 8.49. The Bertz CT molecular complexity index is 414. The van der Waals surface area contributed by atoms with Gasteiger partial charge in [-0.15, -0.1) is 0 Å². The van der Waals surface area contributed by atoms with Gasteiger partial charge in [0, 0.05) is 6.08 Å². The van der Waals surface area contributed by atoms with Crippen molar-refractivity contribution in [2.24, 2.45) is 0 Å². The number of carbonyl (C=O) groups is 1. The third kappa shape index (κ3) is 2.27. The van der Waals surface area contributed by atoms with Crippen molar-refractivity contribution in [3.05, 3.63) is 48.0 Å². The van der Waals surface area contributed by atoms with E-state index in [9.17, 15) is 13.6 Å². The lowest BCUT2D eigenvalue weighted by atomic mass is 9.98. The smallest absolute Gasteiger partial charge is 0.287 e. The van der Waals surface area contributed by atoms with Gasteiger partial charge in [0.15, 0.2) is 0 Å². The summed E-state index contributed by atoms with van der Waals surface area (Å²) >= 11 is 0. The highest BCUT2D eigenvalue weighted by molar-refractivity contribution is 5.89. The first-order valence-electron chi connectivity index (χ1n) is 4.99. The van der Waals surface area contributed by atoms with E-state index < -0.39 is 17.9 Å². The fourth-order valence-corrected chi connectivity index (χ4v) is 1.66. The minimum Gasteiger partial charge on any atom is -0.343 e. The van der Waals surface area contributed by atoms with Crippen molar-refractivity contribution in [3.63, 3.8) is 0 Å². The Hall–Kier alpha value is -1.71. The van der Waals surface area contributed by atoms with Gasteiger partial charge in [0.2, 0.25) is 5.91 Å². The number of hydrogen-bond donors (Lipinski definition) is 1. The van der Waals surface area contributed by atoms with Crippen LogP contribution in [0.25, 0.3) is 0 Å². The molecule has 1 heterocycles. The van der Waals surface area contributed by atoms with Crippen LogP contribution < -0.4 is 5.32 Å². The molecule has 1 atom stereocenters. The molecule has 0 aliphatic carbocycles. The number of alkyl halides is 2. The molecule has 84 valence electrons. The van der Waals surface area contributed by atoms with Gasteiger partial charge in [-0.3, -0.25) is 4.79 Å². The van der Waals surface area contributed by atoms with Crippen LogP contribution in [0.2, 0.25) is 0 Å². The second kappa shape index (κ2) is 4.04. The molecule has 2 nitrogen and oxygen atoms in total. The molecule has 0 spiro atoms. The van der Waals surface area contributed by atoms with Crippen molar-refractivity contribution >= 4 is 5.91 Å². The first-order valence-corrected chi connectivity index (χ1v) is 4.99. The van der Waals surface area contributed by atoms with Crippen molar-refractivity contribution in [1.82, 2.24) is 5.32 Å². The molecule has 16 heavy (non-hydrogen) atoms. The zero-order chi connectivity index (χ0) is 11.6. The van der Waals surface area contributed by atoms with Crippen LogP contribution in [0.1, 0.15) is 5.56 Å².